The molecule has 6 nitrogen and oxygen atoms in total. The minimum absolute atomic E-state index is 0.154. The summed E-state index contributed by atoms with van der Waals surface area (Å²) in [5.74, 6) is 1.36. The number of fused-ring (bicyclic) bond motifs is 1. The van der Waals surface area contributed by atoms with Crippen LogP contribution in [0.2, 0.25) is 0 Å². The summed E-state index contributed by atoms with van der Waals surface area (Å²) in [6.07, 6.45) is 3.76. The van der Waals surface area contributed by atoms with Gasteiger partial charge in [0, 0.05) is 26.2 Å². The lowest BCUT2D eigenvalue weighted by molar-refractivity contribution is -0.129. The van der Waals surface area contributed by atoms with Crippen molar-refractivity contribution in [1.82, 2.24) is 14.9 Å². The van der Waals surface area contributed by atoms with Crippen LogP contribution in [0.15, 0.2) is 36.5 Å². The molecule has 0 bridgehead atoms. The first-order valence-corrected chi connectivity index (χ1v) is 9.73. The number of benzene rings is 1. The summed E-state index contributed by atoms with van der Waals surface area (Å²) in [4.78, 5) is 22.4. The average molecular weight is 377 g/mol. The minimum Gasteiger partial charge on any atom is -0.343 e. The third kappa shape index (κ3) is 3.76. The smallest absolute Gasteiger partial charge is 0.219 e. The molecule has 2 aromatic heterocycles. The van der Waals surface area contributed by atoms with Crippen LogP contribution in [-0.4, -0.2) is 33.9 Å². The minimum atomic E-state index is 0.154. The first-order chi connectivity index (χ1) is 13.1. The number of piperidine rings is 1. The SMILES string of the molecule is CC(=O)N1CCC(c2ccnc(Nc3nc4ccc(C#N)cc4s3)c2)CC1. The van der Waals surface area contributed by atoms with Crippen molar-refractivity contribution in [2.45, 2.75) is 25.7 Å². The Morgan fingerprint density at radius 3 is 2.85 bits per heavy atom. The molecule has 0 spiro atoms. The van der Waals surface area contributed by atoms with E-state index in [-0.39, 0.29) is 5.91 Å². The van der Waals surface area contributed by atoms with Crippen molar-refractivity contribution in [3.8, 4) is 6.07 Å². The van der Waals surface area contributed by atoms with Crippen molar-refractivity contribution in [2.24, 2.45) is 0 Å². The van der Waals surface area contributed by atoms with E-state index in [0.29, 0.717) is 11.5 Å². The number of pyridine rings is 1. The van der Waals surface area contributed by atoms with Crippen LogP contribution in [0.4, 0.5) is 10.9 Å². The van der Waals surface area contributed by atoms with Crippen molar-refractivity contribution in [3.63, 3.8) is 0 Å². The van der Waals surface area contributed by atoms with E-state index < -0.39 is 0 Å². The number of thiazole rings is 1. The van der Waals surface area contributed by atoms with E-state index in [1.807, 2.05) is 23.2 Å². The molecular weight excluding hydrogens is 358 g/mol. The van der Waals surface area contributed by atoms with Gasteiger partial charge in [0.25, 0.3) is 0 Å². The van der Waals surface area contributed by atoms with E-state index >= 15 is 0 Å². The maximum atomic E-state index is 11.5. The van der Waals surface area contributed by atoms with E-state index in [2.05, 4.69) is 33.5 Å². The summed E-state index contributed by atoms with van der Waals surface area (Å²) in [5.41, 5.74) is 2.74. The molecule has 1 aliphatic rings. The van der Waals surface area contributed by atoms with E-state index in [0.717, 1.165) is 47.1 Å². The fourth-order valence-electron chi connectivity index (χ4n) is 3.45. The normalized spacial score (nSPS) is 14.9. The van der Waals surface area contributed by atoms with E-state index in [4.69, 9.17) is 5.26 Å². The lowest BCUT2D eigenvalue weighted by Gasteiger charge is -2.31. The third-order valence-electron chi connectivity index (χ3n) is 4.95. The monoisotopic (exact) mass is 377 g/mol. The molecule has 7 heteroatoms. The van der Waals surface area contributed by atoms with Gasteiger partial charge >= 0.3 is 0 Å². The molecule has 27 heavy (non-hydrogen) atoms. The molecule has 1 amide bonds. The Kier molecular flexibility index (Phi) is 4.73. The lowest BCUT2D eigenvalue weighted by Crippen LogP contribution is -2.36. The number of carbonyl (C=O) groups excluding carboxylic acids is 1. The van der Waals surface area contributed by atoms with Gasteiger partial charge in [-0.1, -0.05) is 11.3 Å². The molecule has 136 valence electrons. The molecule has 4 rings (SSSR count). The number of aromatic nitrogens is 2. The zero-order valence-electron chi connectivity index (χ0n) is 15.0. The molecule has 1 aromatic carbocycles. The number of carbonyl (C=O) groups is 1. The number of hydrogen-bond acceptors (Lipinski definition) is 6. The number of rotatable bonds is 3. The van der Waals surface area contributed by atoms with Crippen LogP contribution in [0.1, 0.15) is 36.8 Å². The molecule has 3 aromatic rings. The van der Waals surface area contributed by atoms with Gasteiger partial charge in [-0.05, 0) is 54.7 Å². The second kappa shape index (κ2) is 7.33. The predicted molar refractivity (Wildman–Crippen MR) is 106 cm³/mol. The van der Waals surface area contributed by atoms with Crippen LogP contribution in [0.3, 0.4) is 0 Å². The molecule has 0 unspecified atom stereocenters. The van der Waals surface area contributed by atoms with Gasteiger partial charge in [0.2, 0.25) is 5.91 Å². The molecule has 0 saturated carbocycles. The van der Waals surface area contributed by atoms with Gasteiger partial charge in [-0.2, -0.15) is 5.26 Å². The summed E-state index contributed by atoms with van der Waals surface area (Å²) in [7, 11) is 0. The van der Waals surface area contributed by atoms with Crippen LogP contribution >= 0.6 is 11.3 Å². The Morgan fingerprint density at radius 1 is 1.30 bits per heavy atom. The number of nitrogens with one attached hydrogen (secondary N) is 1. The fraction of sp³-hybridized carbons (Fsp3) is 0.300. The zero-order valence-corrected chi connectivity index (χ0v) is 15.8. The molecular formula is C20H19N5OS. The van der Waals surface area contributed by atoms with Crippen LogP contribution in [0.25, 0.3) is 10.2 Å². The Bertz CT molecular complexity index is 1030. The highest BCUT2D eigenvalue weighted by Gasteiger charge is 2.22. The average Bonchev–Trinajstić information content (AvgIpc) is 3.09. The van der Waals surface area contributed by atoms with E-state index in [9.17, 15) is 4.79 Å². The Hall–Kier alpha value is -2.98. The maximum absolute atomic E-state index is 11.5. The van der Waals surface area contributed by atoms with Gasteiger partial charge in [0.15, 0.2) is 5.13 Å². The number of nitrogens with zero attached hydrogens (tertiary/aromatic N) is 4. The molecule has 3 heterocycles. The van der Waals surface area contributed by atoms with Crippen molar-refractivity contribution in [2.75, 3.05) is 18.4 Å². The van der Waals surface area contributed by atoms with Crippen LogP contribution in [-0.2, 0) is 4.79 Å². The molecule has 1 aliphatic heterocycles. The van der Waals surface area contributed by atoms with Gasteiger partial charge in [0.05, 0.1) is 21.8 Å². The summed E-state index contributed by atoms with van der Waals surface area (Å²) in [5, 5.41) is 13.1. The lowest BCUT2D eigenvalue weighted by atomic mass is 9.90. The third-order valence-corrected chi connectivity index (χ3v) is 5.88. The van der Waals surface area contributed by atoms with Crippen LogP contribution in [0.5, 0.6) is 0 Å². The summed E-state index contributed by atoms with van der Waals surface area (Å²) in [6.45, 7) is 3.25. The molecule has 0 radical (unpaired) electrons. The summed E-state index contributed by atoms with van der Waals surface area (Å²) < 4.78 is 0.976. The first-order valence-electron chi connectivity index (χ1n) is 8.91. The predicted octanol–water partition coefficient (Wildman–Crippen LogP) is 4.03. The van der Waals surface area contributed by atoms with E-state index in [1.54, 1.807) is 13.0 Å². The Labute approximate surface area is 161 Å². The summed E-state index contributed by atoms with van der Waals surface area (Å²) >= 11 is 1.51. The van der Waals surface area contributed by atoms with Crippen molar-refractivity contribution in [1.29, 1.82) is 5.26 Å². The van der Waals surface area contributed by atoms with Crippen LogP contribution in [0, 0.1) is 11.3 Å². The van der Waals surface area contributed by atoms with Gasteiger partial charge in [0.1, 0.15) is 5.82 Å². The molecule has 0 atom stereocenters. The molecule has 1 N–H and O–H groups in total. The highest BCUT2D eigenvalue weighted by molar-refractivity contribution is 7.22. The zero-order chi connectivity index (χ0) is 18.8. The second-order valence-electron chi connectivity index (χ2n) is 6.69. The molecule has 0 aliphatic carbocycles. The number of nitriles is 1. The molecule has 1 saturated heterocycles. The topological polar surface area (TPSA) is 81.9 Å². The van der Waals surface area contributed by atoms with Crippen LogP contribution < -0.4 is 5.32 Å². The first kappa shape index (κ1) is 17.4. The fourth-order valence-corrected chi connectivity index (χ4v) is 4.37. The number of anilines is 2. The van der Waals surface area contributed by atoms with Crippen molar-refractivity contribution < 1.29 is 4.79 Å². The Balaban J connectivity index is 1.50. The molecule has 1 fully saturated rings. The van der Waals surface area contributed by atoms with Crippen molar-refractivity contribution >= 4 is 38.4 Å². The van der Waals surface area contributed by atoms with Gasteiger partial charge in [-0.15, -0.1) is 0 Å². The van der Waals surface area contributed by atoms with Crippen molar-refractivity contribution in [3.05, 3.63) is 47.7 Å². The highest BCUT2D eigenvalue weighted by Crippen LogP contribution is 2.31. The maximum Gasteiger partial charge on any atom is 0.219 e. The summed E-state index contributed by atoms with van der Waals surface area (Å²) in [6, 6.07) is 11.8. The standard InChI is InChI=1S/C20H19N5OS/c1-13(26)25-8-5-15(6-9-25)16-4-7-22-19(11-16)24-20-23-17-3-2-14(12-21)10-18(17)27-20/h2-4,7,10-11,15H,5-6,8-9H2,1H3,(H,22,23,24). The quantitative estimate of drug-likeness (QED) is 0.745. The highest BCUT2D eigenvalue weighted by atomic mass is 32.1. The number of likely N-dealkylation sites (tertiary alicyclic amines) is 1. The number of hydrogen-bond donors (Lipinski definition) is 1. The largest absolute Gasteiger partial charge is 0.343 e. The van der Waals surface area contributed by atoms with Gasteiger partial charge in [-0.25, -0.2) is 9.97 Å². The number of amides is 1. The Morgan fingerprint density at radius 2 is 2.11 bits per heavy atom. The van der Waals surface area contributed by atoms with Gasteiger partial charge < -0.3 is 10.2 Å². The van der Waals surface area contributed by atoms with Gasteiger partial charge in [-0.3, -0.25) is 4.79 Å². The van der Waals surface area contributed by atoms with E-state index in [1.165, 1.54) is 16.9 Å². The second-order valence-corrected chi connectivity index (χ2v) is 7.72.